The van der Waals surface area contributed by atoms with E-state index in [-0.39, 0.29) is 11.5 Å². The van der Waals surface area contributed by atoms with Crippen LogP contribution in [0.5, 0.6) is 0 Å². The van der Waals surface area contributed by atoms with E-state index in [1.165, 1.54) is 6.07 Å². The maximum absolute atomic E-state index is 12.5. The molecule has 0 unspecified atom stereocenters. The van der Waals surface area contributed by atoms with Crippen molar-refractivity contribution in [1.29, 1.82) is 0 Å². The maximum Gasteiger partial charge on any atom is 0.255 e. The lowest BCUT2D eigenvalue weighted by atomic mass is 10.1. The van der Waals surface area contributed by atoms with E-state index < -0.39 is 0 Å². The quantitative estimate of drug-likeness (QED) is 0.571. The number of pyridine rings is 1. The van der Waals surface area contributed by atoms with E-state index in [1.54, 1.807) is 39.8 Å². The van der Waals surface area contributed by atoms with Crippen LogP contribution >= 0.6 is 0 Å². The summed E-state index contributed by atoms with van der Waals surface area (Å²) in [5.74, 6) is -0.180. The molecule has 0 saturated heterocycles. The van der Waals surface area contributed by atoms with Gasteiger partial charge in [-0.15, -0.1) is 0 Å². The Kier molecular flexibility index (Phi) is 5.07. The summed E-state index contributed by atoms with van der Waals surface area (Å²) in [5.41, 5.74) is 4.18. The molecule has 2 aromatic carbocycles. The van der Waals surface area contributed by atoms with Crippen LogP contribution in [0.25, 0.3) is 5.69 Å². The molecule has 0 aliphatic carbocycles. The van der Waals surface area contributed by atoms with Gasteiger partial charge in [-0.2, -0.15) is 5.10 Å². The van der Waals surface area contributed by atoms with E-state index in [2.05, 4.69) is 10.4 Å². The van der Waals surface area contributed by atoms with E-state index >= 15 is 0 Å². The first-order valence-electron chi connectivity index (χ1n) is 9.26. The molecule has 1 amide bonds. The number of aryl methyl sites for hydroxylation is 1. The van der Waals surface area contributed by atoms with Gasteiger partial charge in [0.05, 0.1) is 18.4 Å². The Labute approximate surface area is 168 Å². The van der Waals surface area contributed by atoms with E-state index in [9.17, 15) is 9.59 Å². The van der Waals surface area contributed by atoms with Crippen molar-refractivity contribution in [2.75, 3.05) is 5.32 Å². The number of nitrogens with zero attached hydrogens (tertiary/aromatic N) is 3. The van der Waals surface area contributed by atoms with Crippen LogP contribution in [-0.2, 0) is 6.54 Å². The standard InChI is InChI=1S/C23H20N4O2/c1-17-14-24-27(15-17)21-11-7-19(8-12-21)23(29)25-20-9-5-18(6-10-20)16-26-13-3-2-4-22(26)28/h2-15H,16H2,1H3,(H,25,29). The van der Waals surface area contributed by atoms with Gasteiger partial charge in [-0.25, -0.2) is 4.68 Å². The number of hydrogen-bond donors (Lipinski definition) is 1. The molecule has 1 N–H and O–H groups in total. The lowest BCUT2D eigenvalue weighted by molar-refractivity contribution is 0.102. The first-order chi connectivity index (χ1) is 14.1. The second kappa shape index (κ2) is 7.98. The van der Waals surface area contributed by atoms with Gasteiger partial charge < -0.3 is 9.88 Å². The molecule has 6 heteroatoms. The molecule has 144 valence electrons. The Morgan fingerprint density at radius 1 is 1.00 bits per heavy atom. The molecule has 0 aliphatic heterocycles. The highest BCUT2D eigenvalue weighted by molar-refractivity contribution is 6.04. The molecule has 0 fully saturated rings. The van der Waals surface area contributed by atoms with E-state index in [0.717, 1.165) is 16.8 Å². The predicted molar refractivity (Wildman–Crippen MR) is 113 cm³/mol. The second-order valence-corrected chi connectivity index (χ2v) is 6.83. The molecule has 0 spiro atoms. The third-order valence-corrected chi connectivity index (χ3v) is 4.57. The van der Waals surface area contributed by atoms with Gasteiger partial charge in [0.1, 0.15) is 0 Å². The third-order valence-electron chi connectivity index (χ3n) is 4.57. The van der Waals surface area contributed by atoms with Crippen molar-refractivity contribution in [3.8, 4) is 5.69 Å². The SMILES string of the molecule is Cc1cnn(-c2ccc(C(=O)Nc3ccc(Cn4ccccc4=O)cc3)cc2)c1. The average Bonchev–Trinajstić information content (AvgIpc) is 3.17. The van der Waals surface area contributed by atoms with Crippen LogP contribution in [0.4, 0.5) is 5.69 Å². The molecule has 4 rings (SSSR count). The number of aromatic nitrogens is 3. The molecular weight excluding hydrogens is 364 g/mol. The first-order valence-corrected chi connectivity index (χ1v) is 9.26. The van der Waals surface area contributed by atoms with Crippen molar-refractivity contribution in [3.05, 3.63) is 112 Å². The van der Waals surface area contributed by atoms with E-state index in [0.29, 0.717) is 17.8 Å². The summed E-state index contributed by atoms with van der Waals surface area (Å²) in [6.45, 7) is 2.47. The predicted octanol–water partition coefficient (Wildman–Crippen LogP) is 3.64. The maximum atomic E-state index is 12.5. The fourth-order valence-corrected chi connectivity index (χ4v) is 3.00. The lowest BCUT2D eigenvalue weighted by Gasteiger charge is -2.09. The van der Waals surface area contributed by atoms with E-state index in [1.807, 2.05) is 55.6 Å². The molecule has 2 heterocycles. The summed E-state index contributed by atoms with van der Waals surface area (Å²) in [7, 11) is 0. The highest BCUT2D eigenvalue weighted by Gasteiger charge is 2.07. The Morgan fingerprint density at radius 2 is 1.76 bits per heavy atom. The third kappa shape index (κ3) is 4.32. The summed E-state index contributed by atoms with van der Waals surface area (Å²) in [6.07, 6.45) is 5.48. The van der Waals surface area contributed by atoms with Crippen molar-refractivity contribution in [1.82, 2.24) is 14.3 Å². The number of carbonyl (C=O) groups is 1. The van der Waals surface area contributed by atoms with Crippen molar-refractivity contribution in [3.63, 3.8) is 0 Å². The topological polar surface area (TPSA) is 68.9 Å². The van der Waals surface area contributed by atoms with Gasteiger partial charge in [0, 0.05) is 29.7 Å². The van der Waals surface area contributed by atoms with Gasteiger partial charge in [-0.3, -0.25) is 9.59 Å². The number of rotatable bonds is 5. The van der Waals surface area contributed by atoms with Crippen molar-refractivity contribution in [2.45, 2.75) is 13.5 Å². The molecular formula is C23H20N4O2. The fraction of sp³-hybridized carbons (Fsp3) is 0.0870. The van der Waals surface area contributed by atoms with Crippen molar-refractivity contribution in [2.24, 2.45) is 0 Å². The highest BCUT2D eigenvalue weighted by Crippen LogP contribution is 2.14. The van der Waals surface area contributed by atoms with Crippen LogP contribution in [0.3, 0.4) is 0 Å². The second-order valence-electron chi connectivity index (χ2n) is 6.83. The highest BCUT2D eigenvalue weighted by atomic mass is 16.1. The van der Waals surface area contributed by atoms with Gasteiger partial charge in [-0.05, 0) is 60.5 Å². The van der Waals surface area contributed by atoms with Crippen LogP contribution in [-0.4, -0.2) is 20.3 Å². The van der Waals surface area contributed by atoms with Gasteiger partial charge >= 0.3 is 0 Å². The first kappa shape index (κ1) is 18.4. The molecule has 6 nitrogen and oxygen atoms in total. The molecule has 29 heavy (non-hydrogen) atoms. The fourth-order valence-electron chi connectivity index (χ4n) is 3.00. The van der Waals surface area contributed by atoms with Crippen LogP contribution < -0.4 is 10.9 Å². The van der Waals surface area contributed by atoms with Gasteiger partial charge in [-0.1, -0.05) is 18.2 Å². The molecule has 0 saturated carbocycles. The number of hydrogen-bond acceptors (Lipinski definition) is 3. The molecule has 2 aromatic heterocycles. The molecule has 0 aliphatic rings. The Morgan fingerprint density at radius 3 is 2.41 bits per heavy atom. The molecule has 0 radical (unpaired) electrons. The van der Waals surface area contributed by atoms with Gasteiger partial charge in [0.25, 0.3) is 11.5 Å². The zero-order chi connectivity index (χ0) is 20.2. The number of anilines is 1. The molecule has 0 bridgehead atoms. The van der Waals surface area contributed by atoms with Crippen molar-refractivity contribution >= 4 is 11.6 Å². The van der Waals surface area contributed by atoms with E-state index in [4.69, 9.17) is 0 Å². The smallest absolute Gasteiger partial charge is 0.255 e. The molecule has 4 aromatic rings. The van der Waals surface area contributed by atoms with Crippen LogP contribution in [0.2, 0.25) is 0 Å². The van der Waals surface area contributed by atoms with Crippen LogP contribution in [0.1, 0.15) is 21.5 Å². The van der Waals surface area contributed by atoms with Crippen molar-refractivity contribution < 1.29 is 4.79 Å². The number of nitrogens with one attached hydrogen (secondary N) is 1. The largest absolute Gasteiger partial charge is 0.322 e. The van der Waals surface area contributed by atoms with Crippen LogP contribution in [0, 0.1) is 6.92 Å². The average molecular weight is 384 g/mol. The minimum Gasteiger partial charge on any atom is -0.322 e. The monoisotopic (exact) mass is 384 g/mol. The number of amides is 1. The van der Waals surface area contributed by atoms with Crippen LogP contribution in [0.15, 0.2) is 90.1 Å². The summed E-state index contributed by atoms with van der Waals surface area (Å²) < 4.78 is 3.41. The minimum atomic E-state index is -0.180. The number of benzene rings is 2. The zero-order valence-corrected chi connectivity index (χ0v) is 15.9. The zero-order valence-electron chi connectivity index (χ0n) is 15.9. The molecule has 0 atom stereocenters. The summed E-state index contributed by atoms with van der Waals surface area (Å²) in [6, 6.07) is 19.8. The summed E-state index contributed by atoms with van der Waals surface area (Å²) >= 11 is 0. The number of carbonyl (C=O) groups excluding carboxylic acids is 1. The van der Waals surface area contributed by atoms with Gasteiger partial charge in [0.2, 0.25) is 0 Å². The Hall–Kier alpha value is -3.93. The summed E-state index contributed by atoms with van der Waals surface area (Å²) in [5, 5.41) is 7.16. The lowest BCUT2D eigenvalue weighted by Crippen LogP contribution is -2.18. The summed E-state index contributed by atoms with van der Waals surface area (Å²) in [4.78, 5) is 24.3. The Balaban J connectivity index is 1.42. The normalized spacial score (nSPS) is 10.7. The minimum absolute atomic E-state index is 0.0430. The van der Waals surface area contributed by atoms with Gasteiger partial charge in [0.15, 0.2) is 0 Å². The Bertz CT molecular complexity index is 1190.